The molecule has 0 spiro atoms. The summed E-state index contributed by atoms with van der Waals surface area (Å²) in [6.45, 7) is 2.45. The molecule has 0 bridgehead atoms. The van der Waals surface area contributed by atoms with Crippen LogP contribution in [0.25, 0.3) is 32.6 Å². The van der Waals surface area contributed by atoms with E-state index in [1.807, 2.05) is 12.4 Å². The van der Waals surface area contributed by atoms with Crippen LogP contribution in [0, 0.1) is 0 Å². The van der Waals surface area contributed by atoms with E-state index >= 15 is 0 Å². The van der Waals surface area contributed by atoms with Gasteiger partial charge in [-0.3, -0.25) is 10.0 Å². The van der Waals surface area contributed by atoms with Gasteiger partial charge < -0.3 is 9.30 Å². The molecule has 0 aliphatic carbocycles. The van der Waals surface area contributed by atoms with Crippen molar-refractivity contribution in [2.24, 2.45) is 10.1 Å². The first-order valence-electron chi connectivity index (χ1n) is 11.8. The second-order valence-corrected chi connectivity index (χ2v) is 9.08. The van der Waals surface area contributed by atoms with E-state index in [9.17, 15) is 0 Å². The van der Waals surface area contributed by atoms with E-state index in [2.05, 4.69) is 99.5 Å². The van der Waals surface area contributed by atoms with E-state index < -0.39 is 0 Å². The Morgan fingerprint density at radius 2 is 1.71 bits per heavy atom. The van der Waals surface area contributed by atoms with Gasteiger partial charge in [0.2, 0.25) is 0 Å². The third kappa shape index (κ3) is 3.64. The number of hydrogen-bond acceptors (Lipinski definition) is 4. The molecule has 0 amide bonds. The Bertz CT molecular complexity index is 1590. The lowest BCUT2D eigenvalue weighted by molar-refractivity contribution is 0.408. The number of hydrogen-bond donors (Lipinski definition) is 0. The normalized spacial score (nSPS) is 18.9. The second-order valence-electron chi connectivity index (χ2n) is 9.08. The predicted octanol–water partition coefficient (Wildman–Crippen LogP) is 5.64. The minimum atomic E-state index is 0.244. The van der Waals surface area contributed by atoms with Gasteiger partial charge in [-0.05, 0) is 46.7 Å². The van der Waals surface area contributed by atoms with Gasteiger partial charge in [0.15, 0.2) is 0 Å². The minimum absolute atomic E-state index is 0.244. The molecule has 0 N–H and O–H groups in total. The van der Waals surface area contributed by atoms with Crippen LogP contribution in [0.1, 0.15) is 5.56 Å². The molecule has 2 aliphatic rings. The van der Waals surface area contributed by atoms with E-state index in [0.717, 1.165) is 30.9 Å². The van der Waals surface area contributed by atoms with Gasteiger partial charge in [-0.2, -0.15) is 5.10 Å². The van der Waals surface area contributed by atoms with Crippen molar-refractivity contribution in [3.05, 3.63) is 90.5 Å². The van der Waals surface area contributed by atoms with Crippen molar-refractivity contribution in [3.8, 4) is 0 Å². The Morgan fingerprint density at radius 1 is 0.912 bits per heavy atom. The molecule has 2 atom stereocenters. The number of benzene rings is 4. The average Bonchev–Trinajstić information content (AvgIpc) is 3.82. The molecule has 7 rings (SSSR count). The van der Waals surface area contributed by atoms with Gasteiger partial charge in [0.05, 0.1) is 31.6 Å². The van der Waals surface area contributed by atoms with E-state index in [1.165, 1.54) is 32.6 Å². The lowest BCUT2D eigenvalue weighted by Crippen LogP contribution is -2.22. The van der Waals surface area contributed by atoms with Crippen molar-refractivity contribution in [3.63, 3.8) is 0 Å². The van der Waals surface area contributed by atoms with Crippen LogP contribution in [-0.4, -0.2) is 42.3 Å². The molecule has 1 aromatic heterocycles. The van der Waals surface area contributed by atoms with Gasteiger partial charge in [-0.1, -0.05) is 54.6 Å². The van der Waals surface area contributed by atoms with Crippen molar-refractivity contribution in [2.45, 2.75) is 18.7 Å². The van der Waals surface area contributed by atoms with Crippen LogP contribution >= 0.6 is 0 Å². The minimum Gasteiger partial charge on any atom is -0.371 e. The zero-order valence-electron chi connectivity index (χ0n) is 18.7. The summed E-state index contributed by atoms with van der Waals surface area (Å²) < 4.78 is 7.90. The van der Waals surface area contributed by atoms with Gasteiger partial charge in [-0.15, -0.1) is 0 Å². The molecule has 4 aromatic carbocycles. The Morgan fingerprint density at radius 3 is 2.56 bits per heavy atom. The van der Waals surface area contributed by atoms with E-state index in [-0.39, 0.29) is 6.10 Å². The highest BCUT2D eigenvalue weighted by Gasteiger charge is 2.26. The zero-order chi connectivity index (χ0) is 22.5. The highest BCUT2D eigenvalue weighted by molar-refractivity contribution is 6.09. The number of aliphatic imine (C=N–C) groups is 1. The summed E-state index contributed by atoms with van der Waals surface area (Å²) >= 11 is 0. The topological polar surface area (TPSA) is 45.4 Å². The third-order valence-corrected chi connectivity index (χ3v) is 6.68. The first-order valence-corrected chi connectivity index (χ1v) is 11.8. The maximum absolute atomic E-state index is 5.52. The number of fused-ring (bicyclic) bond motifs is 4. The van der Waals surface area contributed by atoms with Crippen molar-refractivity contribution in [2.75, 3.05) is 18.2 Å². The third-order valence-electron chi connectivity index (χ3n) is 6.68. The van der Waals surface area contributed by atoms with Crippen LogP contribution in [0.15, 0.2) is 95.0 Å². The average molecular weight is 445 g/mol. The number of epoxide rings is 1. The summed E-state index contributed by atoms with van der Waals surface area (Å²) in [5.41, 5.74) is 4.66. The van der Waals surface area contributed by atoms with Crippen LogP contribution in [0.5, 0.6) is 0 Å². The van der Waals surface area contributed by atoms with Gasteiger partial charge in [0.1, 0.15) is 12.1 Å². The van der Waals surface area contributed by atoms with Crippen LogP contribution in [0.2, 0.25) is 0 Å². The molecule has 1 saturated heterocycles. The summed E-state index contributed by atoms with van der Waals surface area (Å²) in [6, 6.07) is 30.5. The fraction of sp³-hybridized carbons (Fsp3) is 0.172. The molecule has 2 unspecified atom stereocenters. The van der Waals surface area contributed by atoms with Gasteiger partial charge in [0.25, 0.3) is 0 Å². The number of para-hydroxylation sites is 1. The number of anilines is 1. The summed E-state index contributed by atoms with van der Waals surface area (Å²) in [4.78, 5) is 4.35. The summed E-state index contributed by atoms with van der Waals surface area (Å²) in [6.07, 6.45) is 4.23. The Labute approximate surface area is 197 Å². The van der Waals surface area contributed by atoms with Crippen LogP contribution in [-0.2, 0) is 11.3 Å². The Balaban J connectivity index is 1.25. The molecule has 0 saturated carbocycles. The van der Waals surface area contributed by atoms with Crippen LogP contribution in [0.4, 0.5) is 5.69 Å². The number of aromatic nitrogens is 1. The van der Waals surface area contributed by atoms with E-state index in [1.54, 1.807) is 0 Å². The van der Waals surface area contributed by atoms with Gasteiger partial charge in [-0.25, -0.2) is 0 Å². The Kier molecular flexibility index (Phi) is 4.49. The van der Waals surface area contributed by atoms with E-state index in [0.29, 0.717) is 6.04 Å². The first kappa shape index (κ1) is 19.5. The molecule has 5 nitrogen and oxygen atoms in total. The van der Waals surface area contributed by atoms with E-state index in [4.69, 9.17) is 9.84 Å². The predicted molar refractivity (Wildman–Crippen MR) is 140 cm³/mol. The standard InChI is InChI=1S/C29H24N4O/c1-2-6-22-14-24(11-10-21(22)5-1)33(18-25-19-34-25)31-15-20-9-12-29-27(13-20)26-7-3-4-8-28(26)32(29)17-23-16-30-23/h1-16,23,25H,17-19H2/b31-15+. The first-order chi connectivity index (χ1) is 16.8. The van der Waals surface area contributed by atoms with Crippen LogP contribution in [0.3, 0.4) is 0 Å². The number of ether oxygens (including phenoxy) is 1. The van der Waals surface area contributed by atoms with Crippen molar-refractivity contribution >= 4 is 50.7 Å². The van der Waals surface area contributed by atoms with Crippen molar-refractivity contribution < 1.29 is 4.74 Å². The lowest BCUT2D eigenvalue weighted by Gasteiger charge is -2.18. The molecule has 5 aromatic rings. The fourth-order valence-corrected chi connectivity index (χ4v) is 4.75. The molecule has 166 valence electrons. The maximum atomic E-state index is 5.52. The smallest absolute Gasteiger partial charge is 0.102 e. The number of hydrazone groups is 1. The monoisotopic (exact) mass is 444 g/mol. The lowest BCUT2D eigenvalue weighted by atomic mass is 10.1. The number of rotatable bonds is 7. The molecule has 2 aliphatic heterocycles. The quantitative estimate of drug-likeness (QED) is 0.185. The van der Waals surface area contributed by atoms with Gasteiger partial charge in [0, 0.05) is 28.0 Å². The Hall–Kier alpha value is -3.96. The molecule has 0 radical (unpaired) electrons. The summed E-state index contributed by atoms with van der Waals surface area (Å²) in [5.74, 6) is 0. The fourth-order valence-electron chi connectivity index (χ4n) is 4.75. The molecule has 1 fully saturated rings. The molecule has 34 heavy (non-hydrogen) atoms. The summed E-state index contributed by atoms with van der Waals surface area (Å²) in [5, 5.41) is 11.9. The highest BCUT2D eigenvalue weighted by Crippen LogP contribution is 2.31. The molecular formula is C29H24N4O. The highest BCUT2D eigenvalue weighted by atomic mass is 16.6. The largest absolute Gasteiger partial charge is 0.371 e. The van der Waals surface area contributed by atoms with Crippen molar-refractivity contribution in [1.82, 2.24) is 4.57 Å². The molecule has 3 heterocycles. The SMILES string of the molecule is C1=NC1Cn1c2ccccc2c2cc(/C=N/N(CC3CO3)c3ccc4ccccc4c3)ccc21. The van der Waals surface area contributed by atoms with Crippen LogP contribution < -0.4 is 5.01 Å². The second kappa shape index (κ2) is 7.82. The number of nitrogens with zero attached hydrogens (tertiary/aromatic N) is 4. The molecule has 5 heteroatoms. The van der Waals surface area contributed by atoms with Gasteiger partial charge >= 0.3 is 0 Å². The zero-order valence-corrected chi connectivity index (χ0v) is 18.7. The molecular weight excluding hydrogens is 420 g/mol. The summed E-state index contributed by atoms with van der Waals surface area (Å²) in [7, 11) is 0. The maximum Gasteiger partial charge on any atom is 0.102 e. The van der Waals surface area contributed by atoms with Crippen molar-refractivity contribution in [1.29, 1.82) is 0 Å².